The first-order valence-corrected chi connectivity index (χ1v) is 10.7. The van der Waals surface area contributed by atoms with Crippen molar-refractivity contribution in [3.8, 4) is 0 Å². The molecule has 0 saturated carbocycles. The Labute approximate surface area is 155 Å². The lowest BCUT2D eigenvalue weighted by molar-refractivity contribution is -0.122. The molecule has 5 nitrogen and oxygen atoms in total. The molecule has 1 fully saturated rings. The Balaban J connectivity index is 1.96. The Hall–Kier alpha value is -1.90. The molecule has 0 bridgehead atoms. The zero-order valence-electron chi connectivity index (χ0n) is 13.7. The quantitative estimate of drug-likeness (QED) is 0.744. The van der Waals surface area contributed by atoms with E-state index in [0.29, 0.717) is 11.4 Å². The van der Waals surface area contributed by atoms with E-state index in [4.69, 9.17) is 0 Å². The SMILES string of the molecule is CCN1C(=O)C(=Cc2cccs2)SC1=NS(=O)(=O)c1ccc(C)cc1. The fourth-order valence-corrected chi connectivity index (χ4v) is 5.19. The summed E-state index contributed by atoms with van der Waals surface area (Å²) >= 11 is 2.60. The maximum absolute atomic E-state index is 12.5. The van der Waals surface area contributed by atoms with Gasteiger partial charge in [-0.3, -0.25) is 9.69 Å². The van der Waals surface area contributed by atoms with Gasteiger partial charge in [-0.2, -0.15) is 8.42 Å². The molecule has 1 saturated heterocycles. The van der Waals surface area contributed by atoms with E-state index >= 15 is 0 Å². The topological polar surface area (TPSA) is 66.8 Å². The minimum absolute atomic E-state index is 0.116. The minimum Gasteiger partial charge on any atom is -0.286 e. The fourth-order valence-electron chi connectivity index (χ4n) is 2.22. The van der Waals surface area contributed by atoms with Crippen LogP contribution in [0.5, 0.6) is 0 Å². The summed E-state index contributed by atoms with van der Waals surface area (Å²) in [5, 5.41) is 2.11. The summed E-state index contributed by atoms with van der Waals surface area (Å²) in [7, 11) is -3.86. The number of rotatable bonds is 4. The van der Waals surface area contributed by atoms with Crippen LogP contribution in [0.15, 0.2) is 56.0 Å². The zero-order valence-corrected chi connectivity index (χ0v) is 16.1. The molecule has 1 aliphatic heterocycles. The molecular formula is C17H16N2O3S3. The van der Waals surface area contributed by atoms with E-state index in [0.717, 1.165) is 22.2 Å². The highest BCUT2D eigenvalue weighted by Gasteiger charge is 2.34. The minimum atomic E-state index is -3.86. The van der Waals surface area contributed by atoms with Crippen LogP contribution in [0.2, 0.25) is 0 Å². The molecule has 2 heterocycles. The Kier molecular flexibility index (Phi) is 5.12. The molecule has 1 aliphatic rings. The van der Waals surface area contributed by atoms with Gasteiger partial charge in [0.2, 0.25) is 0 Å². The van der Waals surface area contributed by atoms with Crippen molar-refractivity contribution in [3.05, 3.63) is 57.1 Å². The van der Waals surface area contributed by atoms with Gasteiger partial charge in [0.25, 0.3) is 15.9 Å². The van der Waals surface area contributed by atoms with Crippen LogP contribution in [-0.2, 0) is 14.8 Å². The molecular weight excluding hydrogens is 376 g/mol. The standard InChI is InChI=1S/C17H16N2O3S3/c1-3-19-16(20)15(11-13-5-4-10-23-13)24-17(19)18-25(21,22)14-8-6-12(2)7-9-14/h4-11H,3H2,1-2H3. The molecule has 2 aromatic rings. The molecule has 0 radical (unpaired) electrons. The number of carbonyl (C=O) groups excluding carboxylic acids is 1. The van der Waals surface area contributed by atoms with Crippen molar-refractivity contribution in [1.82, 2.24) is 4.90 Å². The molecule has 3 rings (SSSR count). The molecule has 0 atom stereocenters. The molecule has 0 unspecified atom stereocenters. The van der Waals surface area contributed by atoms with Gasteiger partial charge in [0.1, 0.15) is 0 Å². The molecule has 25 heavy (non-hydrogen) atoms. The number of thiophene rings is 1. The predicted molar refractivity (Wildman–Crippen MR) is 103 cm³/mol. The number of nitrogens with zero attached hydrogens (tertiary/aromatic N) is 2. The van der Waals surface area contributed by atoms with Crippen LogP contribution in [0, 0.1) is 6.92 Å². The number of hydrogen-bond acceptors (Lipinski definition) is 5. The van der Waals surface area contributed by atoms with Crippen molar-refractivity contribution < 1.29 is 13.2 Å². The summed E-state index contributed by atoms with van der Waals surface area (Å²) in [6, 6.07) is 10.3. The average Bonchev–Trinajstić information content (AvgIpc) is 3.17. The van der Waals surface area contributed by atoms with Gasteiger partial charge < -0.3 is 0 Å². The van der Waals surface area contributed by atoms with Crippen LogP contribution in [0.25, 0.3) is 6.08 Å². The number of likely N-dealkylation sites (N-methyl/N-ethyl adjacent to an activating group) is 1. The largest absolute Gasteiger partial charge is 0.286 e. The monoisotopic (exact) mass is 392 g/mol. The third-order valence-corrected chi connectivity index (χ3v) is 6.76. The normalized spacial score (nSPS) is 18.5. The predicted octanol–water partition coefficient (Wildman–Crippen LogP) is 3.74. The lowest BCUT2D eigenvalue weighted by Crippen LogP contribution is -2.29. The van der Waals surface area contributed by atoms with E-state index in [1.165, 1.54) is 28.4 Å². The number of aryl methyl sites for hydroxylation is 1. The number of benzene rings is 1. The summed E-state index contributed by atoms with van der Waals surface area (Å²) in [6.45, 7) is 4.03. The Bertz CT molecular complexity index is 944. The van der Waals surface area contributed by atoms with Crippen LogP contribution in [0.4, 0.5) is 0 Å². The molecule has 0 aliphatic carbocycles. The van der Waals surface area contributed by atoms with Crippen LogP contribution in [-0.4, -0.2) is 30.9 Å². The number of hydrogen-bond donors (Lipinski definition) is 0. The maximum Gasteiger partial charge on any atom is 0.284 e. The van der Waals surface area contributed by atoms with Crippen LogP contribution < -0.4 is 0 Å². The van der Waals surface area contributed by atoms with Gasteiger partial charge in [-0.25, -0.2) is 0 Å². The zero-order chi connectivity index (χ0) is 18.0. The van der Waals surface area contributed by atoms with E-state index in [1.807, 2.05) is 24.4 Å². The first-order chi connectivity index (χ1) is 11.9. The van der Waals surface area contributed by atoms with E-state index in [9.17, 15) is 13.2 Å². The van der Waals surface area contributed by atoms with Crippen molar-refractivity contribution in [2.24, 2.45) is 4.40 Å². The van der Waals surface area contributed by atoms with Gasteiger partial charge in [-0.05, 0) is 55.3 Å². The summed E-state index contributed by atoms with van der Waals surface area (Å²) in [5.74, 6) is -0.223. The molecule has 8 heteroatoms. The molecule has 1 amide bonds. The maximum atomic E-state index is 12.5. The Morgan fingerprint density at radius 1 is 1.20 bits per heavy atom. The van der Waals surface area contributed by atoms with E-state index in [1.54, 1.807) is 25.1 Å². The smallest absolute Gasteiger partial charge is 0.284 e. The highest BCUT2D eigenvalue weighted by molar-refractivity contribution is 8.19. The summed E-state index contributed by atoms with van der Waals surface area (Å²) in [4.78, 5) is 15.4. The van der Waals surface area contributed by atoms with Crippen molar-refractivity contribution >= 4 is 50.3 Å². The van der Waals surface area contributed by atoms with Gasteiger partial charge in [0.05, 0.1) is 9.80 Å². The fraction of sp³-hybridized carbons (Fsp3) is 0.176. The van der Waals surface area contributed by atoms with E-state index < -0.39 is 10.0 Å². The number of carbonyl (C=O) groups is 1. The second kappa shape index (κ2) is 7.15. The molecule has 1 aromatic heterocycles. The number of amides is 1. The molecule has 0 spiro atoms. The van der Waals surface area contributed by atoms with Crippen molar-refractivity contribution in [2.75, 3.05) is 6.54 Å². The van der Waals surface area contributed by atoms with E-state index in [-0.39, 0.29) is 16.0 Å². The number of amidine groups is 1. The van der Waals surface area contributed by atoms with Gasteiger partial charge in [-0.15, -0.1) is 15.7 Å². The van der Waals surface area contributed by atoms with E-state index in [2.05, 4.69) is 4.40 Å². The lowest BCUT2D eigenvalue weighted by Gasteiger charge is -2.11. The Morgan fingerprint density at radius 2 is 1.92 bits per heavy atom. The summed E-state index contributed by atoms with van der Waals surface area (Å²) in [5.41, 5.74) is 0.966. The molecule has 130 valence electrons. The summed E-state index contributed by atoms with van der Waals surface area (Å²) < 4.78 is 29.0. The van der Waals surface area contributed by atoms with Crippen LogP contribution in [0.3, 0.4) is 0 Å². The van der Waals surface area contributed by atoms with Crippen molar-refractivity contribution in [1.29, 1.82) is 0 Å². The van der Waals surface area contributed by atoms with Crippen molar-refractivity contribution in [3.63, 3.8) is 0 Å². The second-order valence-electron chi connectivity index (χ2n) is 5.34. The third kappa shape index (κ3) is 3.86. The number of thioether (sulfide) groups is 1. The number of sulfonamides is 1. The average molecular weight is 393 g/mol. The van der Waals surface area contributed by atoms with Gasteiger partial charge in [0, 0.05) is 11.4 Å². The highest BCUT2D eigenvalue weighted by Crippen LogP contribution is 2.34. The van der Waals surface area contributed by atoms with Gasteiger partial charge >= 0.3 is 0 Å². The third-order valence-electron chi connectivity index (χ3n) is 3.54. The Morgan fingerprint density at radius 3 is 2.52 bits per heavy atom. The highest BCUT2D eigenvalue weighted by atomic mass is 32.2. The second-order valence-corrected chi connectivity index (χ2v) is 8.93. The lowest BCUT2D eigenvalue weighted by atomic mass is 10.2. The van der Waals surface area contributed by atoms with Gasteiger partial charge in [0.15, 0.2) is 5.17 Å². The molecule has 1 aromatic carbocycles. The summed E-state index contributed by atoms with van der Waals surface area (Å²) in [6.07, 6.45) is 1.77. The van der Waals surface area contributed by atoms with Gasteiger partial charge in [-0.1, -0.05) is 23.8 Å². The molecule has 0 N–H and O–H groups in total. The van der Waals surface area contributed by atoms with Crippen LogP contribution in [0.1, 0.15) is 17.4 Å². The first-order valence-electron chi connectivity index (χ1n) is 7.57. The first kappa shape index (κ1) is 17.9. The van der Waals surface area contributed by atoms with Crippen LogP contribution >= 0.6 is 23.1 Å². The van der Waals surface area contributed by atoms with Crippen molar-refractivity contribution in [2.45, 2.75) is 18.7 Å².